The Labute approximate surface area is 104 Å². The Morgan fingerprint density at radius 2 is 2.27 bits per heavy atom. The maximum Gasteiger partial charge on any atom is 0.133 e. The van der Waals surface area contributed by atoms with Crippen LogP contribution in [0.5, 0.6) is 5.75 Å². The normalized spacial score (nSPS) is 15.3. The zero-order valence-electron chi connectivity index (χ0n) is 8.83. The van der Waals surface area contributed by atoms with Gasteiger partial charge >= 0.3 is 0 Å². The lowest BCUT2D eigenvalue weighted by Crippen LogP contribution is -1.99. The van der Waals surface area contributed by atoms with E-state index in [0.29, 0.717) is 0 Å². The Kier molecular flexibility index (Phi) is 3.98. The molecule has 0 spiro atoms. The fraction of sp³-hybridized carbons (Fsp3) is 0.500. The lowest BCUT2D eigenvalue weighted by Gasteiger charge is -2.08. The van der Waals surface area contributed by atoms with Gasteiger partial charge in [-0.15, -0.1) is 0 Å². The van der Waals surface area contributed by atoms with Crippen LogP contribution in [0.25, 0.3) is 0 Å². The molecular weight excluding hydrogens is 272 g/mol. The molecule has 1 aliphatic carbocycles. The molecule has 0 aromatic heterocycles. The fourth-order valence-corrected chi connectivity index (χ4v) is 2.46. The first kappa shape index (κ1) is 11.3. The fourth-order valence-electron chi connectivity index (χ4n) is 1.41. The van der Waals surface area contributed by atoms with Gasteiger partial charge in [0.1, 0.15) is 5.75 Å². The van der Waals surface area contributed by atoms with E-state index < -0.39 is 0 Å². The third kappa shape index (κ3) is 3.42. The summed E-state index contributed by atoms with van der Waals surface area (Å²) >= 11 is 5.39. The second kappa shape index (κ2) is 5.26. The standard InChI is InChI=1S/C12H15BrOS/c1-15-8-10-4-5-12(11(13)6-10)14-7-9-2-3-9/h4-6,9H,2-3,7-8H2,1H3. The van der Waals surface area contributed by atoms with Crippen LogP contribution in [-0.2, 0) is 5.75 Å². The summed E-state index contributed by atoms with van der Waals surface area (Å²) in [4.78, 5) is 0. The van der Waals surface area contributed by atoms with Crippen molar-refractivity contribution in [2.45, 2.75) is 18.6 Å². The second-order valence-corrected chi connectivity index (χ2v) is 5.67. The first-order valence-corrected chi connectivity index (χ1v) is 7.38. The van der Waals surface area contributed by atoms with Crippen molar-refractivity contribution in [2.75, 3.05) is 12.9 Å². The zero-order valence-corrected chi connectivity index (χ0v) is 11.2. The molecule has 1 saturated carbocycles. The molecule has 1 fully saturated rings. The van der Waals surface area contributed by atoms with Crippen LogP contribution in [0.2, 0.25) is 0 Å². The van der Waals surface area contributed by atoms with Crippen molar-refractivity contribution in [3.05, 3.63) is 28.2 Å². The maximum absolute atomic E-state index is 5.74. The molecule has 0 N–H and O–H groups in total. The van der Waals surface area contributed by atoms with Crippen LogP contribution in [0.15, 0.2) is 22.7 Å². The Bertz CT molecular complexity index is 336. The van der Waals surface area contributed by atoms with E-state index >= 15 is 0 Å². The number of rotatable bonds is 5. The largest absolute Gasteiger partial charge is 0.492 e. The van der Waals surface area contributed by atoms with Crippen molar-refractivity contribution in [1.29, 1.82) is 0 Å². The Morgan fingerprint density at radius 1 is 1.47 bits per heavy atom. The predicted molar refractivity (Wildman–Crippen MR) is 69.6 cm³/mol. The summed E-state index contributed by atoms with van der Waals surface area (Å²) in [6.07, 6.45) is 4.79. The van der Waals surface area contributed by atoms with E-state index in [4.69, 9.17) is 4.74 Å². The van der Waals surface area contributed by atoms with Crippen molar-refractivity contribution < 1.29 is 4.74 Å². The van der Waals surface area contributed by atoms with Gasteiger partial charge in [-0.3, -0.25) is 0 Å². The zero-order chi connectivity index (χ0) is 10.7. The molecule has 0 heterocycles. The second-order valence-electron chi connectivity index (χ2n) is 3.95. The third-order valence-corrected chi connectivity index (χ3v) is 3.72. The average Bonchev–Trinajstić information content (AvgIpc) is 3.01. The molecule has 1 aromatic rings. The average molecular weight is 287 g/mol. The van der Waals surface area contributed by atoms with E-state index in [1.165, 1.54) is 18.4 Å². The Balaban J connectivity index is 1.97. The molecule has 1 nitrogen and oxygen atoms in total. The van der Waals surface area contributed by atoms with Gasteiger partial charge in [0.15, 0.2) is 0 Å². The number of halogens is 1. The Hall–Kier alpha value is -0.150. The number of thioether (sulfide) groups is 1. The van der Waals surface area contributed by atoms with E-state index in [9.17, 15) is 0 Å². The first-order chi connectivity index (χ1) is 7.29. The minimum Gasteiger partial charge on any atom is -0.492 e. The van der Waals surface area contributed by atoms with E-state index in [1.54, 1.807) is 0 Å². The highest BCUT2D eigenvalue weighted by Crippen LogP contribution is 2.32. The molecule has 3 heteroatoms. The van der Waals surface area contributed by atoms with Gasteiger partial charge in [-0.25, -0.2) is 0 Å². The maximum atomic E-state index is 5.74. The molecule has 0 unspecified atom stereocenters. The molecule has 15 heavy (non-hydrogen) atoms. The van der Waals surface area contributed by atoms with Crippen molar-refractivity contribution >= 4 is 27.7 Å². The third-order valence-electron chi connectivity index (χ3n) is 2.48. The number of benzene rings is 1. The summed E-state index contributed by atoms with van der Waals surface area (Å²) < 4.78 is 6.82. The van der Waals surface area contributed by atoms with Crippen molar-refractivity contribution in [3.8, 4) is 5.75 Å². The summed E-state index contributed by atoms with van der Waals surface area (Å²) in [5.74, 6) is 2.84. The van der Waals surface area contributed by atoms with E-state index in [1.807, 2.05) is 11.8 Å². The van der Waals surface area contributed by atoms with Crippen molar-refractivity contribution in [1.82, 2.24) is 0 Å². The molecule has 0 bridgehead atoms. The van der Waals surface area contributed by atoms with Crippen LogP contribution >= 0.6 is 27.7 Å². The summed E-state index contributed by atoms with van der Waals surface area (Å²) in [7, 11) is 0. The molecule has 0 amide bonds. The molecule has 0 aliphatic heterocycles. The van der Waals surface area contributed by atoms with Crippen LogP contribution in [0, 0.1) is 5.92 Å². The molecule has 1 aliphatic rings. The van der Waals surface area contributed by atoms with E-state index in [2.05, 4.69) is 40.4 Å². The van der Waals surface area contributed by atoms with Crippen LogP contribution in [0.3, 0.4) is 0 Å². The molecule has 0 saturated heterocycles. The van der Waals surface area contributed by atoms with Crippen molar-refractivity contribution in [2.24, 2.45) is 5.92 Å². The molecule has 2 rings (SSSR count). The van der Waals surface area contributed by atoms with Crippen LogP contribution in [0.4, 0.5) is 0 Å². The first-order valence-electron chi connectivity index (χ1n) is 5.20. The molecule has 1 aromatic carbocycles. The Morgan fingerprint density at radius 3 is 2.87 bits per heavy atom. The minimum atomic E-state index is 0.808. The summed E-state index contributed by atoms with van der Waals surface area (Å²) in [5, 5.41) is 0. The van der Waals surface area contributed by atoms with Crippen LogP contribution in [0.1, 0.15) is 18.4 Å². The molecule has 0 atom stereocenters. The van der Waals surface area contributed by atoms with Gasteiger partial charge in [-0.1, -0.05) is 6.07 Å². The topological polar surface area (TPSA) is 9.23 Å². The SMILES string of the molecule is CSCc1ccc(OCC2CC2)c(Br)c1. The number of hydrogen-bond acceptors (Lipinski definition) is 2. The highest BCUT2D eigenvalue weighted by molar-refractivity contribution is 9.10. The van der Waals surface area contributed by atoms with Gasteiger partial charge in [-0.2, -0.15) is 11.8 Å². The number of hydrogen-bond donors (Lipinski definition) is 0. The van der Waals surface area contributed by atoms with Gasteiger partial charge in [0.2, 0.25) is 0 Å². The highest BCUT2D eigenvalue weighted by atomic mass is 79.9. The molecular formula is C12H15BrOS. The molecule has 0 radical (unpaired) electrons. The van der Waals surface area contributed by atoms with Gasteiger partial charge in [0.05, 0.1) is 11.1 Å². The summed E-state index contributed by atoms with van der Waals surface area (Å²) in [5.41, 5.74) is 1.34. The van der Waals surface area contributed by atoms with Gasteiger partial charge in [-0.05, 0) is 58.6 Å². The van der Waals surface area contributed by atoms with Crippen LogP contribution in [-0.4, -0.2) is 12.9 Å². The highest BCUT2D eigenvalue weighted by Gasteiger charge is 2.22. The molecule has 82 valence electrons. The quantitative estimate of drug-likeness (QED) is 0.806. The van der Waals surface area contributed by atoms with Gasteiger partial charge in [0, 0.05) is 5.75 Å². The lowest BCUT2D eigenvalue weighted by atomic mass is 10.2. The minimum absolute atomic E-state index is 0.808. The smallest absolute Gasteiger partial charge is 0.133 e. The summed E-state index contributed by atoms with van der Waals surface area (Å²) in [6, 6.07) is 6.36. The van der Waals surface area contributed by atoms with E-state index in [-0.39, 0.29) is 0 Å². The van der Waals surface area contributed by atoms with Gasteiger partial charge < -0.3 is 4.74 Å². The van der Waals surface area contributed by atoms with Gasteiger partial charge in [0.25, 0.3) is 0 Å². The monoisotopic (exact) mass is 286 g/mol. The summed E-state index contributed by atoms with van der Waals surface area (Å²) in [6.45, 7) is 0.875. The lowest BCUT2D eigenvalue weighted by molar-refractivity contribution is 0.298. The van der Waals surface area contributed by atoms with Crippen molar-refractivity contribution in [3.63, 3.8) is 0 Å². The van der Waals surface area contributed by atoms with Crippen LogP contribution < -0.4 is 4.74 Å². The van der Waals surface area contributed by atoms with E-state index in [0.717, 1.165) is 28.5 Å². The predicted octanol–water partition coefficient (Wildman–Crippen LogP) is 4.10. The number of ether oxygens (including phenoxy) is 1.